The van der Waals surface area contributed by atoms with Crippen LogP contribution >= 0.6 is 11.8 Å². The van der Waals surface area contributed by atoms with Crippen molar-refractivity contribution in [1.82, 2.24) is 20.1 Å². The van der Waals surface area contributed by atoms with E-state index in [1.807, 2.05) is 29.8 Å². The summed E-state index contributed by atoms with van der Waals surface area (Å²) >= 11 is 1.66. The molecule has 1 aliphatic rings. The molecule has 2 heterocycles. The van der Waals surface area contributed by atoms with Gasteiger partial charge in [-0.1, -0.05) is 42.1 Å². The van der Waals surface area contributed by atoms with E-state index in [0.29, 0.717) is 19.6 Å². The fourth-order valence-corrected chi connectivity index (χ4v) is 3.49. The lowest BCUT2D eigenvalue weighted by Crippen LogP contribution is -2.35. The van der Waals surface area contributed by atoms with Gasteiger partial charge in [-0.25, -0.2) is 0 Å². The number of rotatable bonds is 7. The maximum absolute atomic E-state index is 11.9. The van der Waals surface area contributed by atoms with Crippen LogP contribution in [0.25, 0.3) is 0 Å². The van der Waals surface area contributed by atoms with Gasteiger partial charge in [0.25, 0.3) is 0 Å². The Morgan fingerprint density at radius 3 is 2.96 bits per heavy atom. The van der Waals surface area contributed by atoms with Crippen molar-refractivity contribution >= 4 is 17.7 Å². The van der Waals surface area contributed by atoms with Crippen LogP contribution in [-0.2, 0) is 28.8 Å². The number of hydrogen-bond acceptors (Lipinski definition) is 5. The minimum atomic E-state index is -0.276. The summed E-state index contributed by atoms with van der Waals surface area (Å²) in [6.45, 7) is 1.23. The Balaban J connectivity index is 1.46. The van der Waals surface area contributed by atoms with Gasteiger partial charge in [-0.15, -0.1) is 10.2 Å². The molecule has 128 valence electrons. The predicted octanol–water partition coefficient (Wildman–Crippen LogP) is 1.95. The average molecular weight is 346 g/mol. The van der Waals surface area contributed by atoms with Crippen LogP contribution in [0.2, 0.25) is 0 Å². The second kappa shape index (κ2) is 8.30. The molecule has 0 aliphatic carbocycles. The Kier molecular flexibility index (Phi) is 5.87. The monoisotopic (exact) mass is 346 g/mol. The first-order valence-electron chi connectivity index (χ1n) is 8.18. The maximum Gasteiger partial charge on any atom is 0.249 e. The number of thioether (sulfide) groups is 1. The van der Waals surface area contributed by atoms with Crippen molar-refractivity contribution in [2.24, 2.45) is 7.05 Å². The zero-order valence-corrected chi connectivity index (χ0v) is 14.6. The fraction of sp³-hybridized carbons (Fsp3) is 0.471. The van der Waals surface area contributed by atoms with Crippen molar-refractivity contribution in [3.05, 3.63) is 41.7 Å². The molecule has 2 aromatic rings. The highest BCUT2D eigenvalue weighted by atomic mass is 32.2. The lowest BCUT2D eigenvalue weighted by atomic mass is 10.2. The molecular formula is C17H22N4O2S. The van der Waals surface area contributed by atoms with E-state index in [-0.39, 0.29) is 12.0 Å². The minimum Gasteiger partial charge on any atom is -0.368 e. The highest BCUT2D eigenvalue weighted by Gasteiger charge is 2.23. The fourth-order valence-electron chi connectivity index (χ4n) is 2.61. The SMILES string of the molecule is Cn1c(CCNC(=O)[C@H]2CCCO2)nnc1SCc1ccccc1. The van der Waals surface area contributed by atoms with Gasteiger partial charge in [-0.3, -0.25) is 4.79 Å². The number of ether oxygens (including phenoxy) is 1. The molecule has 1 fully saturated rings. The van der Waals surface area contributed by atoms with Crippen LogP contribution in [-0.4, -0.2) is 39.9 Å². The summed E-state index contributed by atoms with van der Waals surface area (Å²) in [7, 11) is 1.96. The number of nitrogens with one attached hydrogen (secondary N) is 1. The summed E-state index contributed by atoms with van der Waals surface area (Å²) in [4.78, 5) is 11.9. The summed E-state index contributed by atoms with van der Waals surface area (Å²) in [5, 5.41) is 12.3. The quantitative estimate of drug-likeness (QED) is 0.776. The lowest BCUT2D eigenvalue weighted by molar-refractivity contribution is -0.130. The van der Waals surface area contributed by atoms with Crippen LogP contribution in [0.15, 0.2) is 35.5 Å². The Labute approximate surface area is 146 Å². The topological polar surface area (TPSA) is 69.0 Å². The molecule has 3 rings (SSSR count). The standard InChI is InChI=1S/C17H22N4O2S/c1-21-15(9-10-18-16(22)14-8-5-11-23-14)19-20-17(21)24-12-13-6-3-2-4-7-13/h2-4,6-7,14H,5,8-12H2,1H3,(H,18,22)/t14-/m1/s1. The van der Waals surface area contributed by atoms with Gasteiger partial charge in [-0.05, 0) is 18.4 Å². The van der Waals surface area contributed by atoms with Gasteiger partial charge >= 0.3 is 0 Å². The summed E-state index contributed by atoms with van der Waals surface area (Å²) in [5.41, 5.74) is 1.26. The molecule has 24 heavy (non-hydrogen) atoms. The molecule has 1 aliphatic heterocycles. The zero-order chi connectivity index (χ0) is 16.8. The first-order valence-corrected chi connectivity index (χ1v) is 9.17. The molecule has 0 saturated carbocycles. The van der Waals surface area contributed by atoms with E-state index in [9.17, 15) is 4.79 Å². The Bertz CT molecular complexity index is 668. The summed E-state index contributed by atoms with van der Waals surface area (Å²) in [6, 6.07) is 10.3. The van der Waals surface area contributed by atoms with E-state index in [2.05, 4.69) is 27.6 Å². The Morgan fingerprint density at radius 1 is 1.38 bits per heavy atom. The molecule has 0 unspecified atom stereocenters. The molecule has 1 aromatic carbocycles. The van der Waals surface area contributed by atoms with Crippen LogP contribution in [0, 0.1) is 0 Å². The molecule has 1 atom stereocenters. The van der Waals surface area contributed by atoms with Gasteiger partial charge in [0.2, 0.25) is 5.91 Å². The molecule has 1 N–H and O–H groups in total. The molecule has 6 nitrogen and oxygen atoms in total. The third-order valence-electron chi connectivity index (χ3n) is 4.01. The molecule has 0 radical (unpaired) electrons. The van der Waals surface area contributed by atoms with Crippen LogP contribution in [0.3, 0.4) is 0 Å². The number of carbonyl (C=O) groups excluding carboxylic acids is 1. The van der Waals surface area contributed by atoms with Crippen molar-refractivity contribution in [2.75, 3.05) is 13.2 Å². The maximum atomic E-state index is 11.9. The second-order valence-corrected chi connectivity index (χ2v) is 6.72. The van der Waals surface area contributed by atoms with Crippen molar-refractivity contribution in [3.63, 3.8) is 0 Å². The first-order chi connectivity index (χ1) is 11.7. The van der Waals surface area contributed by atoms with Crippen LogP contribution in [0.5, 0.6) is 0 Å². The molecule has 0 spiro atoms. The van der Waals surface area contributed by atoms with Gasteiger partial charge in [0.05, 0.1) is 0 Å². The van der Waals surface area contributed by atoms with Gasteiger partial charge in [0.15, 0.2) is 5.16 Å². The zero-order valence-electron chi connectivity index (χ0n) is 13.8. The van der Waals surface area contributed by atoms with E-state index < -0.39 is 0 Å². The van der Waals surface area contributed by atoms with E-state index in [0.717, 1.165) is 29.6 Å². The lowest BCUT2D eigenvalue weighted by Gasteiger charge is -2.10. The highest BCUT2D eigenvalue weighted by molar-refractivity contribution is 7.98. The molecule has 0 bridgehead atoms. The Morgan fingerprint density at radius 2 is 2.21 bits per heavy atom. The largest absolute Gasteiger partial charge is 0.368 e. The number of aromatic nitrogens is 3. The van der Waals surface area contributed by atoms with Crippen LogP contribution in [0.4, 0.5) is 0 Å². The van der Waals surface area contributed by atoms with Crippen LogP contribution in [0.1, 0.15) is 24.2 Å². The van der Waals surface area contributed by atoms with E-state index in [4.69, 9.17) is 4.74 Å². The molecular weight excluding hydrogens is 324 g/mol. The Hall–Kier alpha value is -1.86. The molecule has 1 amide bonds. The van der Waals surface area contributed by atoms with Crippen molar-refractivity contribution in [1.29, 1.82) is 0 Å². The highest BCUT2D eigenvalue weighted by Crippen LogP contribution is 2.21. The summed E-state index contributed by atoms with van der Waals surface area (Å²) < 4.78 is 7.36. The molecule has 1 saturated heterocycles. The van der Waals surface area contributed by atoms with Gasteiger partial charge in [0, 0.05) is 32.4 Å². The van der Waals surface area contributed by atoms with E-state index in [1.54, 1.807) is 11.8 Å². The summed E-state index contributed by atoms with van der Waals surface area (Å²) in [5.74, 6) is 1.72. The normalized spacial score (nSPS) is 17.1. The number of benzene rings is 1. The smallest absolute Gasteiger partial charge is 0.249 e. The van der Waals surface area contributed by atoms with Crippen molar-refractivity contribution in [3.8, 4) is 0 Å². The van der Waals surface area contributed by atoms with E-state index in [1.165, 1.54) is 5.56 Å². The molecule has 7 heteroatoms. The minimum absolute atomic E-state index is 0.0201. The second-order valence-electron chi connectivity index (χ2n) is 5.77. The summed E-state index contributed by atoms with van der Waals surface area (Å²) in [6.07, 6.45) is 2.16. The van der Waals surface area contributed by atoms with Gasteiger partial charge in [0.1, 0.15) is 11.9 Å². The van der Waals surface area contributed by atoms with E-state index >= 15 is 0 Å². The number of hydrogen-bond donors (Lipinski definition) is 1. The average Bonchev–Trinajstić information content (AvgIpc) is 3.25. The third-order valence-corrected chi connectivity index (χ3v) is 5.10. The number of nitrogens with zero attached hydrogens (tertiary/aromatic N) is 3. The van der Waals surface area contributed by atoms with Gasteiger partial charge < -0.3 is 14.6 Å². The number of amides is 1. The third kappa shape index (κ3) is 4.36. The first kappa shape index (κ1) is 17.0. The van der Waals surface area contributed by atoms with Gasteiger partial charge in [-0.2, -0.15) is 0 Å². The predicted molar refractivity (Wildman–Crippen MR) is 92.7 cm³/mol. The number of carbonyl (C=O) groups is 1. The van der Waals surface area contributed by atoms with Crippen molar-refractivity contribution < 1.29 is 9.53 Å². The van der Waals surface area contributed by atoms with Crippen LogP contribution < -0.4 is 5.32 Å². The van der Waals surface area contributed by atoms with Crippen molar-refractivity contribution in [2.45, 2.75) is 36.3 Å². The molecule has 1 aromatic heterocycles.